The molecule has 16 heavy (non-hydrogen) atoms. The molecule has 0 aliphatic heterocycles. The van der Waals surface area contributed by atoms with Gasteiger partial charge in [-0.15, -0.1) is 0 Å². The van der Waals surface area contributed by atoms with Gasteiger partial charge < -0.3 is 10.1 Å². The first-order chi connectivity index (χ1) is 7.77. The van der Waals surface area contributed by atoms with Gasteiger partial charge in [-0.3, -0.25) is 0 Å². The average Bonchev–Trinajstić information content (AvgIpc) is 2.29. The minimum Gasteiger partial charge on any atom is -0.385 e. The Kier molecular flexibility index (Phi) is 6.12. The van der Waals surface area contributed by atoms with Crippen LogP contribution in [0.3, 0.4) is 0 Å². The van der Waals surface area contributed by atoms with Gasteiger partial charge in [0.05, 0.1) is 0 Å². The Morgan fingerprint density at radius 3 is 2.50 bits per heavy atom. The highest BCUT2D eigenvalue weighted by atomic mass is 16.5. The summed E-state index contributed by atoms with van der Waals surface area (Å²) in [5.41, 5.74) is 2.69. The van der Waals surface area contributed by atoms with Crippen LogP contribution in [-0.2, 0) is 4.74 Å². The molecule has 1 aromatic rings. The summed E-state index contributed by atoms with van der Waals surface area (Å²) in [4.78, 5) is 0. The summed E-state index contributed by atoms with van der Waals surface area (Å²) in [5, 5.41) is 3.52. The number of rotatable bonds is 7. The third-order valence-corrected chi connectivity index (χ3v) is 2.77. The van der Waals surface area contributed by atoms with Gasteiger partial charge in [-0.05, 0) is 31.9 Å². The van der Waals surface area contributed by atoms with Crippen molar-refractivity contribution >= 4 is 0 Å². The molecule has 1 aromatic carbocycles. The molecule has 2 nitrogen and oxygen atoms in total. The van der Waals surface area contributed by atoms with E-state index in [9.17, 15) is 0 Å². The quantitative estimate of drug-likeness (QED) is 0.714. The van der Waals surface area contributed by atoms with Crippen LogP contribution in [0.15, 0.2) is 24.3 Å². The lowest BCUT2D eigenvalue weighted by atomic mass is 10.0. The second-order valence-corrected chi connectivity index (χ2v) is 4.16. The van der Waals surface area contributed by atoms with Crippen molar-refractivity contribution in [2.24, 2.45) is 0 Å². The summed E-state index contributed by atoms with van der Waals surface area (Å²) >= 11 is 0. The Morgan fingerprint density at radius 1 is 1.25 bits per heavy atom. The van der Waals surface area contributed by atoms with Crippen molar-refractivity contribution in [3.05, 3.63) is 35.4 Å². The molecule has 0 saturated carbocycles. The van der Waals surface area contributed by atoms with Crippen molar-refractivity contribution in [3.63, 3.8) is 0 Å². The second kappa shape index (κ2) is 7.42. The largest absolute Gasteiger partial charge is 0.385 e. The van der Waals surface area contributed by atoms with Gasteiger partial charge in [0.15, 0.2) is 0 Å². The maximum absolute atomic E-state index is 5.10. The van der Waals surface area contributed by atoms with Crippen LogP contribution in [-0.4, -0.2) is 20.3 Å². The lowest BCUT2D eigenvalue weighted by Gasteiger charge is -2.18. The van der Waals surface area contributed by atoms with Crippen molar-refractivity contribution in [3.8, 4) is 0 Å². The molecule has 0 spiro atoms. The molecule has 0 aliphatic carbocycles. The van der Waals surface area contributed by atoms with E-state index in [0.717, 1.165) is 26.0 Å². The maximum Gasteiger partial charge on any atom is 0.0462 e. The number of ether oxygens (including phenoxy) is 1. The monoisotopic (exact) mass is 221 g/mol. The zero-order valence-corrected chi connectivity index (χ0v) is 10.6. The van der Waals surface area contributed by atoms with Crippen molar-refractivity contribution in [2.45, 2.75) is 32.7 Å². The molecule has 1 atom stereocenters. The van der Waals surface area contributed by atoms with Crippen LogP contribution in [0.25, 0.3) is 0 Å². The van der Waals surface area contributed by atoms with Crippen LogP contribution in [0.5, 0.6) is 0 Å². The molecule has 1 rings (SSSR count). The first-order valence-electron chi connectivity index (χ1n) is 6.06. The number of aryl methyl sites for hydroxylation is 1. The fourth-order valence-corrected chi connectivity index (χ4v) is 1.86. The smallest absolute Gasteiger partial charge is 0.0462 e. The fraction of sp³-hybridized carbons (Fsp3) is 0.571. The Bertz CT molecular complexity index is 281. The molecule has 2 heteroatoms. The number of methoxy groups -OCH3 is 1. The van der Waals surface area contributed by atoms with Crippen LogP contribution in [0.4, 0.5) is 0 Å². The number of benzene rings is 1. The van der Waals surface area contributed by atoms with E-state index < -0.39 is 0 Å². The molecule has 0 heterocycles. The number of hydrogen-bond donors (Lipinski definition) is 1. The summed E-state index contributed by atoms with van der Waals surface area (Å²) in [6.45, 7) is 6.12. The van der Waals surface area contributed by atoms with Crippen LogP contribution < -0.4 is 5.32 Å². The van der Waals surface area contributed by atoms with Crippen LogP contribution >= 0.6 is 0 Å². The molecule has 1 N–H and O–H groups in total. The minimum absolute atomic E-state index is 0.459. The van der Waals surface area contributed by atoms with E-state index in [1.165, 1.54) is 11.1 Å². The summed E-state index contributed by atoms with van der Waals surface area (Å²) in [7, 11) is 1.76. The van der Waals surface area contributed by atoms with Gasteiger partial charge in [0, 0.05) is 19.8 Å². The first kappa shape index (κ1) is 13.2. The lowest BCUT2D eigenvalue weighted by Crippen LogP contribution is -2.21. The minimum atomic E-state index is 0.459. The van der Waals surface area contributed by atoms with Crippen molar-refractivity contribution in [2.75, 3.05) is 20.3 Å². The van der Waals surface area contributed by atoms with Gasteiger partial charge in [0.1, 0.15) is 0 Å². The van der Waals surface area contributed by atoms with Gasteiger partial charge in [0.2, 0.25) is 0 Å². The molecule has 0 saturated heterocycles. The van der Waals surface area contributed by atoms with Gasteiger partial charge in [-0.25, -0.2) is 0 Å². The molecule has 0 aromatic heterocycles. The van der Waals surface area contributed by atoms with E-state index in [1.54, 1.807) is 7.11 Å². The van der Waals surface area contributed by atoms with Gasteiger partial charge in [0.25, 0.3) is 0 Å². The van der Waals surface area contributed by atoms with Gasteiger partial charge in [-0.2, -0.15) is 0 Å². The molecule has 0 aliphatic rings. The topological polar surface area (TPSA) is 21.3 Å². The average molecular weight is 221 g/mol. The highest BCUT2D eigenvalue weighted by Crippen LogP contribution is 2.18. The van der Waals surface area contributed by atoms with Crippen LogP contribution in [0, 0.1) is 6.92 Å². The zero-order chi connectivity index (χ0) is 11.8. The standard InChI is InChI=1S/C14H23NO/c1-4-15-14(6-5-11-16-3)13-9-7-12(2)8-10-13/h7-10,14-15H,4-6,11H2,1-3H3. The lowest BCUT2D eigenvalue weighted by molar-refractivity contribution is 0.189. The maximum atomic E-state index is 5.10. The summed E-state index contributed by atoms with van der Waals surface area (Å²) in [5.74, 6) is 0. The Balaban J connectivity index is 2.57. The number of hydrogen-bond acceptors (Lipinski definition) is 2. The molecule has 0 radical (unpaired) electrons. The summed E-state index contributed by atoms with van der Waals surface area (Å²) in [6.07, 6.45) is 2.23. The second-order valence-electron chi connectivity index (χ2n) is 4.16. The molecule has 0 amide bonds. The van der Waals surface area contributed by atoms with E-state index in [0.29, 0.717) is 6.04 Å². The van der Waals surface area contributed by atoms with E-state index in [2.05, 4.69) is 43.4 Å². The predicted molar refractivity (Wildman–Crippen MR) is 68.7 cm³/mol. The van der Waals surface area contributed by atoms with Gasteiger partial charge in [-0.1, -0.05) is 36.8 Å². The van der Waals surface area contributed by atoms with Gasteiger partial charge >= 0.3 is 0 Å². The van der Waals surface area contributed by atoms with Crippen LogP contribution in [0.2, 0.25) is 0 Å². The molecular formula is C14H23NO. The highest BCUT2D eigenvalue weighted by molar-refractivity contribution is 5.24. The third kappa shape index (κ3) is 4.33. The molecule has 90 valence electrons. The zero-order valence-electron chi connectivity index (χ0n) is 10.6. The van der Waals surface area contributed by atoms with Crippen molar-refractivity contribution in [1.29, 1.82) is 0 Å². The summed E-state index contributed by atoms with van der Waals surface area (Å²) in [6, 6.07) is 9.25. The van der Waals surface area contributed by atoms with E-state index >= 15 is 0 Å². The molecule has 1 unspecified atom stereocenters. The van der Waals surface area contributed by atoms with E-state index in [1.807, 2.05) is 0 Å². The Hall–Kier alpha value is -0.860. The normalized spacial score (nSPS) is 12.7. The van der Waals surface area contributed by atoms with Crippen molar-refractivity contribution < 1.29 is 4.74 Å². The first-order valence-corrected chi connectivity index (χ1v) is 6.06. The summed E-state index contributed by atoms with van der Waals surface area (Å²) < 4.78 is 5.10. The van der Waals surface area contributed by atoms with E-state index in [-0.39, 0.29) is 0 Å². The number of nitrogens with one attached hydrogen (secondary N) is 1. The Morgan fingerprint density at radius 2 is 1.94 bits per heavy atom. The van der Waals surface area contributed by atoms with Crippen LogP contribution in [0.1, 0.15) is 36.9 Å². The molecule has 0 bridgehead atoms. The molecule has 0 fully saturated rings. The fourth-order valence-electron chi connectivity index (χ4n) is 1.86. The molecular weight excluding hydrogens is 198 g/mol. The Labute approximate surface area is 99.0 Å². The SMILES string of the molecule is CCNC(CCCOC)c1ccc(C)cc1. The van der Waals surface area contributed by atoms with E-state index in [4.69, 9.17) is 4.74 Å². The van der Waals surface area contributed by atoms with Crippen molar-refractivity contribution in [1.82, 2.24) is 5.32 Å². The predicted octanol–water partition coefficient (Wildman–Crippen LogP) is 3.07. The highest BCUT2D eigenvalue weighted by Gasteiger charge is 2.09. The third-order valence-electron chi connectivity index (χ3n) is 2.77.